The fourth-order valence-electron chi connectivity index (χ4n) is 2.45. The first kappa shape index (κ1) is 14.8. The van der Waals surface area contributed by atoms with Gasteiger partial charge in [0, 0.05) is 35.0 Å². The Bertz CT molecular complexity index is 837. The van der Waals surface area contributed by atoms with Crippen molar-refractivity contribution in [1.82, 2.24) is 5.32 Å². The van der Waals surface area contributed by atoms with E-state index < -0.39 is 5.63 Å². The average molecular weight is 315 g/mol. The van der Waals surface area contributed by atoms with Crippen molar-refractivity contribution in [2.45, 2.75) is 19.9 Å². The first-order valence-corrected chi connectivity index (χ1v) is 8.01. The second kappa shape index (κ2) is 6.34. The highest BCUT2D eigenvalue weighted by molar-refractivity contribution is 7.09. The van der Waals surface area contributed by atoms with E-state index in [2.05, 4.69) is 16.8 Å². The number of thiophene rings is 1. The van der Waals surface area contributed by atoms with Crippen molar-refractivity contribution in [3.63, 3.8) is 0 Å². The number of phenolic OH excluding ortho intramolecular Hbond substituents is 1. The van der Waals surface area contributed by atoms with Gasteiger partial charge in [0.05, 0.1) is 0 Å². The predicted octanol–water partition coefficient (Wildman–Crippen LogP) is 3.20. The van der Waals surface area contributed by atoms with Gasteiger partial charge in [0.1, 0.15) is 11.3 Å². The minimum absolute atomic E-state index is 0.137. The largest absolute Gasteiger partial charge is 0.508 e. The molecule has 0 amide bonds. The van der Waals surface area contributed by atoms with Gasteiger partial charge in [0.15, 0.2) is 0 Å². The number of aryl methyl sites for hydroxylation is 1. The maximum absolute atomic E-state index is 11.7. The maximum atomic E-state index is 11.7. The minimum Gasteiger partial charge on any atom is -0.508 e. The molecule has 0 aliphatic carbocycles. The Balaban J connectivity index is 1.78. The lowest BCUT2D eigenvalue weighted by Gasteiger charge is -2.09. The van der Waals surface area contributed by atoms with Crippen LogP contribution < -0.4 is 10.9 Å². The van der Waals surface area contributed by atoms with Crippen LogP contribution in [0, 0.1) is 6.92 Å². The van der Waals surface area contributed by atoms with Gasteiger partial charge < -0.3 is 14.8 Å². The SMILES string of the molecule is Cc1c(O)ccc2c(CNCCc3cccs3)cc(=O)oc12. The molecule has 0 atom stereocenters. The zero-order valence-corrected chi connectivity index (χ0v) is 13.1. The highest BCUT2D eigenvalue weighted by Crippen LogP contribution is 2.27. The lowest BCUT2D eigenvalue weighted by atomic mass is 10.1. The minimum atomic E-state index is -0.392. The molecular weight excluding hydrogens is 298 g/mol. The maximum Gasteiger partial charge on any atom is 0.336 e. The van der Waals surface area contributed by atoms with Crippen LogP contribution in [0.4, 0.5) is 0 Å². The number of phenols is 1. The van der Waals surface area contributed by atoms with Crippen LogP contribution in [-0.4, -0.2) is 11.7 Å². The summed E-state index contributed by atoms with van der Waals surface area (Å²) in [6.45, 7) is 3.19. The van der Waals surface area contributed by atoms with Gasteiger partial charge in [-0.25, -0.2) is 4.79 Å². The lowest BCUT2D eigenvalue weighted by molar-refractivity contribution is 0.468. The second-order valence-corrected chi connectivity index (χ2v) is 6.22. The molecule has 0 saturated heterocycles. The van der Waals surface area contributed by atoms with Crippen LogP contribution in [0.5, 0.6) is 5.75 Å². The fourth-order valence-corrected chi connectivity index (χ4v) is 3.16. The van der Waals surface area contributed by atoms with Crippen LogP contribution in [-0.2, 0) is 13.0 Å². The van der Waals surface area contributed by atoms with E-state index in [1.807, 2.05) is 6.07 Å². The van der Waals surface area contributed by atoms with Crippen molar-refractivity contribution in [2.75, 3.05) is 6.54 Å². The quantitative estimate of drug-likeness (QED) is 0.560. The third kappa shape index (κ3) is 3.05. The summed E-state index contributed by atoms with van der Waals surface area (Å²) in [6.07, 6.45) is 0.969. The molecule has 2 heterocycles. The Morgan fingerprint density at radius 2 is 2.18 bits per heavy atom. The van der Waals surface area contributed by atoms with Crippen molar-refractivity contribution >= 4 is 22.3 Å². The third-order valence-corrected chi connectivity index (χ3v) is 4.60. The molecule has 3 rings (SSSR count). The van der Waals surface area contributed by atoms with Gasteiger partial charge in [-0.3, -0.25) is 0 Å². The molecule has 22 heavy (non-hydrogen) atoms. The van der Waals surface area contributed by atoms with Crippen LogP contribution in [0.1, 0.15) is 16.0 Å². The molecule has 0 aliphatic heterocycles. The van der Waals surface area contributed by atoms with Crippen molar-refractivity contribution in [3.05, 3.63) is 62.1 Å². The van der Waals surface area contributed by atoms with Crippen molar-refractivity contribution in [2.24, 2.45) is 0 Å². The number of fused-ring (bicyclic) bond motifs is 1. The standard InChI is InChI=1S/C17H17NO3S/c1-11-15(19)5-4-14-12(9-16(20)21-17(11)14)10-18-7-6-13-3-2-8-22-13/h2-5,8-9,18-19H,6-7,10H2,1H3. The van der Waals surface area contributed by atoms with Crippen LogP contribution in [0.2, 0.25) is 0 Å². The first-order valence-electron chi connectivity index (χ1n) is 7.13. The Hall–Kier alpha value is -2.11. The van der Waals surface area contributed by atoms with E-state index >= 15 is 0 Å². The molecule has 0 saturated carbocycles. The number of aromatic hydroxyl groups is 1. The van der Waals surface area contributed by atoms with E-state index in [1.165, 1.54) is 10.9 Å². The van der Waals surface area contributed by atoms with Gasteiger partial charge in [0.25, 0.3) is 0 Å². The van der Waals surface area contributed by atoms with E-state index in [4.69, 9.17) is 4.42 Å². The summed E-state index contributed by atoms with van der Waals surface area (Å²) in [5.41, 5.74) is 1.55. The summed E-state index contributed by atoms with van der Waals surface area (Å²) in [4.78, 5) is 13.1. The predicted molar refractivity (Wildman–Crippen MR) is 88.6 cm³/mol. The molecule has 2 aromatic heterocycles. The summed E-state index contributed by atoms with van der Waals surface area (Å²) in [5, 5.41) is 16.0. The van der Waals surface area contributed by atoms with E-state index in [9.17, 15) is 9.90 Å². The zero-order chi connectivity index (χ0) is 15.5. The molecule has 4 nitrogen and oxygen atoms in total. The molecule has 0 unspecified atom stereocenters. The van der Waals surface area contributed by atoms with Gasteiger partial charge >= 0.3 is 5.63 Å². The topological polar surface area (TPSA) is 62.5 Å². The molecule has 0 bridgehead atoms. The van der Waals surface area contributed by atoms with Crippen molar-refractivity contribution in [1.29, 1.82) is 0 Å². The monoisotopic (exact) mass is 315 g/mol. The third-order valence-electron chi connectivity index (χ3n) is 3.66. The number of hydrogen-bond acceptors (Lipinski definition) is 5. The van der Waals surface area contributed by atoms with E-state index in [0.717, 1.165) is 23.9 Å². The number of rotatable bonds is 5. The summed E-state index contributed by atoms with van der Waals surface area (Å²) in [7, 11) is 0. The Morgan fingerprint density at radius 3 is 2.95 bits per heavy atom. The van der Waals surface area contributed by atoms with Crippen molar-refractivity contribution in [3.8, 4) is 5.75 Å². The average Bonchev–Trinajstić information content (AvgIpc) is 3.01. The summed E-state index contributed by atoms with van der Waals surface area (Å²) >= 11 is 1.74. The van der Waals surface area contributed by atoms with E-state index in [-0.39, 0.29) is 5.75 Å². The smallest absolute Gasteiger partial charge is 0.336 e. The molecule has 0 fully saturated rings. The van der Waals surface area contributed by atoms with Gasteiger partial charge in [-0.1, -0.05) is 6.07 Å². The molecule has 2 N–H and O–H groups in total. The normalized spacial score (nSPS) is 11.1. The van der Waals surface area contributed by atoms with Crippen LogP contribution >= 0.6 is 11.3 Å². The molecule has 5 heteroatoms. The van der Waals surface area contributed by atoms with Crippen LogP contribution in [0.3, 0.4) is 0 Å². The van der Waals surface area contributed by atoms with Crippen molar-refractivity contribution < 1.29 is 9.52 Å². The molecular formula is C17H17NO3S. The zero-order valence-electron chi connectivity index (χ0n) is 12.3. The molecule has 114 valence electrons. The number of nitrogens with one attached hydrogen (secondary N) is 1. The summed E-state index contributed by atoms with van der Waals surface area (Å²) in [6, 6.07) is 9.09. The lowest BCUT2D eigenvalue weighted by Crippen LogP contribution is -2.17. The summed E-state index contributed by atoms with van der Waals surface area (Å²) < 4.78 is 5.24. The van der Waals surface area contributed by atoms with Gasteiger partial charge in [-0.2, -0.15) is 0 Å². The van der Waals surface area contributed by atoms with E-state index in [1.54, 1.807) is 30.4 Å². The highest BCUT2D eigenvalue weighted by atomic mass is 32.1. The molecule has 0 spiro atoms. The van der Waals surface area contributed by atoms with E-state index in [0.29, 0.717) is 17.7 Å². The number of benzene rings is 1. The highest BCUT2D eigenvalue weighted by Gasteiger charge is 2.10. The van der Waals surface area contributed by atoms with Gasteiger partial charge in [-0.15, -0.1) is 11.3 Å². The van der Waals surface area contributed by atoms with Crippen LogP contribution in [0.25, 0.3) is 11.0 Å². The molecule has 0 radical (unpaired) electrons. The van der Waals surface area contributed by atoms with Gasteiger partial charge in [0.2, 0.25) is 0 Å². The molecule has 0 aliphatic rings. The van der Waals surface area contributed by atoms with Gasteiger partial charge in [-0.05, 0) is 42.5 Å². The first-order chi connectivity index (χ1) is 10.6. The summed E-state index contributed by atoms with van der Waals surface area (Å²) in [5.74, 6) is 0.137. The molecule has 1 aromatic carbocycles. The Morgan fingerprint density at radius 1 is 1.32 bits per heavy atom. The van der Waals surface area contributed by atoms with Crippen LogP contribution in [0.15, 0.2) is 44.9 Å². The second-order valence-electron chi connectivity index (χ2n) is 5.18. The fraction of sp³-hybridized carbons (Fsp3) is 0.235. The Labute approximate surface area is 132 Å². The Kier molecular flexibility index (Phi) is 4.27. The molecule has 3 aromatic rings. The number of hydrogen-bond donors (Lipinski definition) is 2.